The summed E-state index contributed by atoms with van der Waals surface area (Å²) in [7, 11) is 0. The van der Waals surface area contributed by atoms with E-state index in [4.69, 9.17) is 0 Å². The Kier molecular flexibility index (Phi) is 7.59. The van der Waals surface area contributed by atoms with Gasteiger partial charge in [-0.05, 0) is 68.5 Å². The van der Waals surface area contributed by atoms with Crippen molar-refractivity contribution in [2.45, 2.75) is 39.2 Å². The molecule has 0 amide bonds. The fourth-order valence-corrected chi connectivity index (χ4v) is 4.25. The Bertz CT molecular complexity index is 1410. The van der Waals surface area contributed by atoms with Crippen LogP contribution in [-0.4, -0.2) is 32.9 Å². The second-order valence-corrected chi connectivity index (χ2v) is 8.66. The zero-order valence-corrected chi connectivity index (χ0v) is 20.8. The van der Waals surface area contributed by atoms with E-state index in [1.165, 1.54) is 36.5 Å². The molecule has 0 bridgehead atoms. The Hall–Kier alpha value is -3.73. The lowest BCUT2D eigenvalue weighted by atomic mass is 10.0. The van der Waals surface area contributed by atoms with E-state index in [0.717, 1.165) is 18.2 Å². The summed E-state index contributed by atoms with van der Waals surface area (Å²) < 4.78 is 79.9. The van der Waals surface area contributed by atoms with Gasteiger partial charge in [-0.15, -0.1) is 0 Å². The normalized spacial score (nSPS) is 13.2. The van der Waals surface area contributed by atoms with Crippen LogP contribution in [0.1, 0.15) is 43.8 Å². The predicted octanol–water partition coefficient (Wildman–Crippen LogP) is 7.88. The maximum atomic E-state index is 13.6. The third-order valence-corrected chi connectivity index (χ3v) is 6.31. The van der Waals surface area contributed by atoms with Gasteiger partial charge in [0.1, 0.15) is 11.6 Å². The molecule has 0 saturated heterocycles. The van der Waals surface area contributed by atoms with Crippen molar-refractivity contribution in [3.63, 3.8) is 0 Å². The van der Waals surface area contributed by atoms with Crippen molar-refractivity contribution in [3.8, 4) is 11.3 Å². The van der Waals surface area contributed by atoms with E-state index in [1.807, 2.05) is 20.8 Å². The number of halogens is 6. The molecule has 200 valence electrons. The Morgan fingerprint density at radius 2 is 1.55 bits per heavy atom. The lowest BCUT2D eigenvalue weighted by molar-refractivity contribution is -0.138. The highest BCUT2D eigenvalue weighted by Gasteiger charge is 2.34. The van der Waals surface area contributed by atoms with Crippen molar-refractivity contribution in [3.05, 3.63) is 77.7 Å². The van der Waals surface area contributed by atoms with E-state index in [2.05, 4.69) is 25.2 Å². The Labute approximate surface area is 215 Å². The summed E-state index contributed by atoms with van der Waals surface area (Å²) in [5.41, 5.74) is -0.908. The molecule has 2 heterocycles. The maximum Gasteiger partial charge on any atom is 0.418 e. The van der Waals surface area contributed by atoms with Gasteiger partial charge < -0.3 is 5.32 Å². The van der Waals surface area contributed by atoms with Crippen molar-refractivity contribution in [2.75, 3.05) is 18.4 Å². The van der Waals surface area contributed by atoms with Crippen molar-refractivity contribution < 1.29 is 26.3 Å². The second kappa shape index (κ2) is 10.6. The lowest BCUT2D eigenvalue weighted by Crippen LogP contribution is -2.28. The van der Waals surface area contributed by atoms with Crippen LogP contribution < -0.4 is 5.32 Å². The van der Waals surface area contributed by atoms with Crippen LogP contribution in [0.25, 0.3) is 22.2 Å². The van der Waals surface area contributed by atoms with Gasteiger partial charge in [-0.1, -0.05) is 19.9 Å². The molecule has 0 aliphatic heterocycles. The Balaban J connectivity index is 1.85. The number of fused-ring (bicyclic) bond motifs is 1. The van der Waals surface area contributed by atoms with Crippen molar-refractivity contribution >= 4 is 22.4 Å². The van der Waals surface area contributed by atoms with Gasteiger partial charge >= 0.3 is 12.4 Å². The molecule has 0 aliphatic rings. The number of hydrogen-bond donors (Lipinski definition) is 1. The minimum absolute atomic E-state index is 0.226. The van der Waals surface area contributed by atoms with E-state index in [-0.39, 0.29) is 17.3 Å². The average molecular weight is 534 g/mol. The second-order valence-electron chi connectivity index (χ2n) is 8.66. The van der Waals surface area contributed by atoms with Gasteiger partial charge in [-0.2, -0.15) is 26.3 Å². The molecular formula is C27H25F6N5. The highest BCUT2D eigenvalue weighted by atomic mass is 19.4. The third-order valence-electron chi connectivity index (χ3n) is 6.31. The number of benzene rings is 2. The molecule has 5 nitrogen and oxygen atoms in total. The zero-order chi connectivity index (χ0) is 27.7. The predicted molar refractivity (Wildman–Crippen MR) is 134 cm³/mol. The molecule has 4 aromatic rings. The third kappa shape index (κ3) is 5.72. The van der Waals surface area contributed by atoms with Gasteiger partial charge in [0, 0.05) is 22.8 Å². The maximum absolute atomic E-state index is 13.6. The Morgan fingerprint density at radius 1 is 0.868 bits per heavy atom. The SMILES string of the molecule is CCN(CC)C(C)c1nc(Nc2ccc(C(F)(F)F)cc2)c2ccc(-c3ncccc3C(F)(F)F)cc2n1. The first kappa shape index (κ1) is 27.3. The van der Waals surface area contributed by atoms with Crippen LogP contribution in [0.4, 0.5) is 37.8 Å². The first-order valence-electron chi connectivity index (χ1n) is 11.9. The van der Waals surface area contributed by atoms with Gasteiger partial charge in [-0.3, -0.25) is 9.88 Å². The molecule has 11 heteroatoms. The summed E-state index contributed by atoms with van der Waals surface area (Å²) in [6.45, 7) is 7.31. The van der Waals surface area contributed by atoms with E-state index in [9.17, 15) is 26.3 Å². The molecule has 2 aromatic carbocycles. The highest BCUT2D eigenvalue weighted by molar-refractivity contribution is 5.93. The monoisotopic (exact) mass is 533 g/mol. The smallest absolute Gasteiger partial charge is 0.340 e. The fraction of sp³-hybridized carbons (Fsp3) is 0.296. The number of nitrogens with one attached hydrogen (secondary N) is 1. The zero-order valence-electron chi connectivity index (χ0n) is 20.8. The molecule has 1 atom stereocenters. The van der Waals surface area contributed by atoms with Crippen molar-refractivity contribution in [2.24, 2.45) is 0 Å². The minimum Gasteiger partial charge on any atom is -0.340 e. The summed E-state index contributed by atoms with van der Waals surface area (Å²) in [4.78, 5) is 15.4. The molecule has 0 spiro atoms. The molecular weight excluding hydrogens is 508 g/mol. The van der Waals surface area contributed by atoms with Crippen LogP contribution in [0.2, 0.25) is 0 Å². The van der Waals surface area contributed by atoms with Crippen LogP contribution in [0.15, 0.2) is 60.8 Å². The molecule has 0 radical (unpaired) electrons. The molecule has 0 saturated carbocycles. The van der Waals surface area contributed by atoms with E-state index in [0.29, 0.717) is 41.3 Å². The van der Waals surface area contributed by atoms with Gasteiger partial charge in [0.15, 0.2) is 0 Å². The number of alkyl halides is 6. The van der Waals surface area contributed by atoms with Crippen LogP contribution in [0.3, 0.4) is 0 Å². The molecule has 1 N–H and O–H groups in total. The standard InChI is InChI=1S/C27H25F6N5/c1-4-38(5-2)16(3)24-36-22-15-17(23-21(27(31,32)33)7-6-14-34-23)8-13-20(22)25(37-24)35-19-11-9-18(10-12-19)26(28,29)30/h6-16H,4-5H2,1-3H3,(H,35,36,37). The molecule has 4 rings (SSSR count). The number of hydrogen-bond acceptors (Lipinski definition) is 5. The number of anilines is 2. The van der Waals surface area contributed by atoms with Crippen LogP contribution in [0.5, 0.6) is 0 Å². The van der Waals surface area contributed by atoms with Crippen molar-refractivity contribution in [1.29, 1.82) is 0 Å². The number of aromatic nitrogens is 3. The van der Waals surface area contributed by atoms with E-state index >= 15 is 0 Å². The number of nitrogens with zero attached hydrogens (tertiary/aromatic N) is 4. The topological polar surface area (TPSA) is 53.9 Å². The summed E-state index contributed by atoms with van der Waals surface area (Å²) in [5, 5.41) is 3.55. The fourth-order valence-electron chi connectivity index (χ4n) is 4.25. The minimum atomic E-state index is -4.60. The van der Waals surface area contributed by atoms with Crippen LogP contribution in [0, 0.1) is 0 Å². The molecule has 2 aromatic heterocycles. The quantitative estimate of drug-likeness (QED) is 0.245. The lowest BCUT2D eigenvalue weighted by Gasteiger charge is -2.25. The van der Waals surface area contributed by atoms with Crippen LogP contribution in [-0.2, 0) is 12.4 Å². The van der Waals surface area contributed by atoms with Gasteiger partial charge in [0.25, 0.3) is 0 Å². The molecule has 0 aliphatic carbocycles. The van der Waals surface area contributed by atoms with Gasteiger partial charge in [-0.25, -0.2) is 9.97 Å². The van der Waals surface area contributed by atoms with Crippen LogP contribution >= 0.6 is 0 Å². The summed E-state index contributed by atoms with van der Waals surface area (Å²) in [5.74, 6) is 0.747. The first-order valence-corrected chi connectivity index (χ1v) is 11.9. The Morgan fingerprint density at radius 3 is 2.16 bits per heavy atom. The molecule has 1 unspecified atom stereocenters. The molecule has 38 heavy (non-hydrogen) atoms. The number of rotatable bonds is 7. The number of pyridine rings is 1. The summed E-state index contributed by atoms with van der Waals surface area (Å²) in [6, 6.07) is 11.1. The van der Waals surface area contributed by atoms with E-state index in [1.54, 1.807) is 6.07 Å². The molecule has 0 fully saturated rings. The highest BCUT2D eigenvalue weighted by Crippen LogP contribution is 2.37. The average Bonchev–Trinajstić information content (AvgIpc) is 2.88. The van der Waals surface area contributed by atoms with E-state index < -0.39 is 23.5 Å². The van der Waals surface area contributed by atoms with Gasteiger partial charge in [0.05, 0.1) is 28.4 Å². The van der Waals surface area contributed by atoms with Crippen molar-refractivity contribution in [1.82, 2.24) is 19.9 Å². The first-order chi connectivity index (χ1) is 17.9. The summed E-state index contributed by atoms with van der Waals surface area (Å²) >= 11 is 0. The summed E-state index contributed by atoms with van der Waals surface area (Å²) in [6.07, 6.45) is -7.77. The van der Waals surface area contributed by atoms with Gasteiger partial charge in [0.2, 0.25) is 0 Å². The largest absolute Gasteiger partial charge is 0.418 e.